The predicted molar refractivity (Wildman–Crippen MR) is 165 cm³/mol. The number of aromatic nitrogens is 1. The Balaban J connectivity index is 1.34. The van der Waals surface area contributed by atoms with Crippen molar-refractivity contribution in [3.8, 4) is 17.2 Å². The molecule has 4 rings (SSSR count). The van der Waals surface area contributed by atoms with Crippen molar-refractivity contribution in [3.63, 3.8) is 0 Å². The molecule has 1 aromatic heterocycles. The van der Waals surface area contributed by atoms with Crippen molar-refractivity contribution in [2.75, 3.05) is 41.0 Å². The molecule has 1 N–H and O–H groups in total. The second-order valence-electron chi connectivity index (χ2n) is 10.5. The van der Waals surface area contributed by atoms with Gasteiger partial charge in [0.15, 0.2) is 11.5 Å². The molecule has 0 radical (unpaired) electrons. The van der Waals surface area contributed by atoms with Crippen molar-refractivity contribution >= 4 is 32.3 Å². The zero-order chi connectivity index (χ0) is 29.7. The van der Waals surface area contributed by atoms with Gasteiger partial charge in [-0.25, -0.2) is 8.42 Å². The average molecular weight is 599 g/mol. The molecule has 0 unspecified atom stereocenters. The normalized spacial score (nSPS) is 11.9. The number of benzene rings is 3. The highest BCUT2D eigenvalue weighted by Gasteiger charge is 2.28. The highest BCUT2D eigenvalue weighted by molar-refractivity contribution is 7.91. The zero-order valence-electron chi connectivity index (χ0n) is 24.6. The van der Waals surface area contributed by atoms with Crippen LogP contribution in [-0.2, 0) is 16.3 Å². The minimum Gasteiger partial charge on any atom is -0.494 e. The van der Waals surface area contributed by atoms with Crippen molar-refractivity contribution in [2.45, 2.75) is 49.5 Å². The number of aryl methyl sites for hydroxylation is 1. The number of sulfone groups is 1. The molecule has 1 heterocycles. The fourth-order valence-corrected chi connectivity index (χ4v) is 6.79. The molecule has 3 aromatic carbocycles. The minimum atomic E-state index is -3.77. The highest BCUT2D eigenvalue weighted by atomic mass is 35.5. The summed E-state index contributed by atoms with van der Waals surface area (Å²) in [5.41, 5.74) is 3.59. The first-order chi connectivity index (χ1) is 19.6. The molecule has 0 saturated heterocycles. The molecular formula is C32H39ClN2O5S. The van der Waals surface area contributed by atoms with Gasteiger partial charge in [0.05, 0.1) is 25.7 Å². The molecule has 0 aliphatic rings. The van der Waals surface area contributed by atoms with E-state index in [1.807, 2.05) is 39.0 Å². The van der Waals surface area contributed by atoms with Crippen LogP contribution in [0.5, 0.6) is 17.2 Å². The van der Waals surface area contributed by atoms with Crippen LogP contribution in [0.3, 0.4) is 0 Å². The van der Waals surface area contributed by atoms with Gasteiger partial charge in [0.1, 0.15) is 10.8 Å². The van der Waals surface area contributed by atoms with Crippen LogP contribution in [0.4, 0.5) is 0 Å². The Hall–Kier alpha value is -3.20. The van der Waals surface area contributed by atoms with Gasteiger partial charge >= 0.3 is 0 Å². The van der Waals surface area contributed by atoms with Crippen LogP contribution in [-0.4, -0.2) is 59.3 Å². The Morgan fingerprint density at radius 1 is 0.951 bits per heavy atom. The van der Waals surface area contributed by atoms with Gasteiger partial charge < -0.3 is 24.1 Å². The maximum absolute atomic E-state index is 13.7. The van der Waals surface area contributed by atoms with Crippen LogP contribution in [0.2, 0.25) is 5.02 Å². The summed E-state index contributed by atoms with van der Waals surface area (Å²) in [7, 11) is 1.59. The Kier molecular flexibility index (Phi) is 9.89. The van der Waals surface area contributed by atoms with E-state index in [9.17, 15) is 8.42 Å². The number of aromatic amines is 1. The first kappa shape index (κ1) is 30.8. The van der Waals surface area contributed by atoms with Crippen molar-refractivity contribution in [3.05, 3.63) is 76.3 Å². The lowest BCUT2D eigenvalue weighted by atomic mass is 9.99. The number of fused-ring (bicyclic) bond motifs is 1. The number of ether oxygens (including phenoxy) is 3. The van der Waals surface area contributed by atoms with Crippen molar-refractivity contribution < 1.29 is 22.6 Å². The lowest BCUT2D eigenvalue weighted by Crippen LogP contribution is -2.23. The lowest BCUT2D eigenvalue weighted by molar-refractivity contribution is 0.264. The largest absolute Gasteiger partial charge is 0.494 e. The average Bonchev–Trinajstić information content (AvgIpc) is 3.38. The van der Waals surface area contributed by atoms with Crippen molar-refractivity contribution in [1.29, 1.82) is 0 Å². The fourth-order valence-electron chi connectivity index (χ4n) is 5.03. The Bertz CT molecular complexity index is 1600. The summed E-state index contributed by atoms with van der Waals surface area (Å²) < 4.78 is 44.0. The number of rotatable bonds is 13. The number of hydrogen-bond donors (Lipinski definition) is 1. The van der Waals surface area contributed by atoms with E-state index in [0.29, 0.717) is 17.4 Å². The van der Waals surface area contributed by atoms with Gasteiger partial charge in [-0.3, -0.25) is 0 Å². The molecule has 0 spiro atoms. The molecule has 0 fully saturated rings. The Morgan fingerprint density at radius 2 is 1.66 bits per heavy atom. The summed E-state index contributed by atoms with van der Waals surface area (Å²) in [4.78, 5) is 5.64. The van der Waals surface area contributed by atoms with Crippen molar-refractivity contribution in [2.24, 2.45) is 0 Å². The van der Waals surface area contributed by atoms with Crippen LogP contribution in [0, 0.1) is 6.92 Å². The predicted octanol–water partition coefficient (Wildman–Crippen LogP) is 7.05. The maximum atomic E-state index is 13.7. The second-order valence-corrected chi connectivity index (χ2v) is 12.8. The monoisotopic (exact) mass is 598 g/mol. The first-order valence-electron chi connectivity index (χ1n) is 13.7. The number of hydrogen-bond acceptors (Lipinski definition) is 6. The number of nitrogens with zero attached hydrogens (tertiary/aromatic N) is 1. The SMILES string of the molecule is COc1ccc(CCN(C)CCCOc2ccc(S(=O)(=O)c3[nH]c4ccc(Cl)c(C)c4c3C(C)C)cc2)cc1OC. The molecule has 0 saturated carbocycles. The summed E-state index contributed by atoms with van der Waals surface area (Å²) >= 11 is 6.36. The second kappa shape index (κ2) is 13.2. The molecule has 0 aliphatic carbocycles. The number of halogens is 1. The summed E-state index contributed by atoms with van der Waals surface area (Å²) in [6.45, 7) is 8.22. The number of H-pyrrole nitrogens is 1. The Labute approximate surface area is 248 Å². The van der Waals surface area contributed by atoms with E-state index in [0.717, 1.165) is 59.5 Å². The molecule has 0 aliphatic heterocycles. The first-order valence-corrected chi connectivity index (χ1v) is 15.6. The molecule has 7 nitrogen and oxygen atoms in total. The van der Waals surface area contributed by atoms with E-state index < -0.39 is 9.84 Å². The standard InChI is InChI=1S/C32H39ClN2O5S/c1-21(2)30-31-22(3)26(33)13-14-27(31)34-32(30)41(36,37)25-11-9-24(10-12-25)40-19-7-17-35(4)18-16-23-8-15-28(38-5)29(20-23)39-6/h8-15,20-21,34H,7,16-19H2,1-6H3. The molecule has 41 heavy (non-hydrogen) atoms. The number of nitrogens with one attached hydrogen (secondary N) is 1. The molecule has 4 aromatic rings. The number of likely N-dealkylation sites (N-methyl/N-ethyl adjacent to an activating group) is 1. The zero-order valence-corrected chi connectivity index (χ0v) is 26.2. The van der Waals surface area contributed by atoms with E-state index in [1.54, 1.807) is 44.6 Å². The lowest BCUT2D eigenvalue weighted by Gasteiger charge is -2.17. The van der Waals surface area contributed by atoms with Gasteiger partial charge in [-0.05, 0) is 98.0 Å². The van der Waals surface area contributed by atoms with Gasteiger partial charge in [0.25, 0.3) is 0 Å². The van der Waals surface area contributed by atoms with Gasteiger partial charge in [-0.1, -0.05) is 31.5 Å². The van der Waals surface area contributed by atoms with Gasteiger partial charge in [-0.2, -0.15) is 0 Å². The highest BCUT2D eigenvalue weighted by Crippen LogP contribution is 2.38. The van der Waals surface area contributed by atoms with Gasteiger partial charge in [0, 0.05) is 29.0 Å². The minimum absolute atomic E-state index is 0.00883. The maximum Gasteiger partial charge on any atom is 0.222 e. The van der Waals surface area contributed by atoms with Crippen LogP contribution < -0.4 is 14.2 Å². The summed E-state index contributed by atoms with van der Waals surface area (Å²) in [6.07, 6.45) is 1.74. The molecule has 220 valence electrons. The summed E-state index contributed by atoms with van der Waals surface area (Å²) in [6, 6.07) is 16.3. The Morgan fingerprint density at radius 3 is 2.32 bits per heavy atom. The van der Waals surface area contributed by atoms with E-state index in [2.05, 4.69) is 23.0 Å². The van der Waals surface area contributed by atoms with Gasteiger partial charge in [0.2, 0.25) is 9.84 Å². The van der Waals surface area contributed by atoms with Crippen LogP contribution in [0.1, 0.15) is 42.9 Å². The van der Waals surface area contributed by atoms with Crippen molar-refractivity contribution in [1.82, 2.24) is 9.88 Å². The quantitative estimate of drug-likeness (QED) is 0.166. The van der Waals surface area contributed by atoms with Gasteiger partial charge in [-0.15, -0.1) is 0 Å². The third kappa shape index (κ3) is 6.83. The molecule has 0 amide bonds. The third-order valence-corrected chi connectivity index (χ3v) is 9.49. The fraction of sp³-hybridized carbons (Fsp3) is 0.375. The van der Waals surface area contributed by atoms with E-state index in [4.69, 9.17) is 25.8 Å². The molecule has 0 bridgehead atoms. The third-order valence-electron chi connectivity index (χ3n) is 7.32. The van der Waals surface area contributed by atoms with E-state index in [1.165, 1.54) is 5.56 Å². The summed E-state index contributed by atoms with van der Waals surface area (Å²) in [5, 5.41) is 1.71. The molecular weight excluding hydrogens is 560 g/mol. The molecule has 9 heteroatoms. The molecule has 0 atom stereocenters. The smallest absolute Gasteiger partial charge is 0.222 e. The number of methoxy groups -OCH3 is 2. The van der Waals surface area contributed by atoms with Crippen LogP contribution >= 0.6 is 11.6 Å². The summed E-state index contributed by atoms with van der Waals surface area (Å²) in [5.74, 6) is 2.10. The van der Waals surface area contributed by atoms with Crippen LogP contribution in [0.15, 0.2) is 64.5 Å². The topological polar surface area (TPSA) is 80.9 Å². The van der Waals surface area contributed by atoms with E-state index in [-0.39, 0.29) is 15.8 Å². The van der Waals surface area contributed by atoms with E-state index >= 15 is 0 Å². The van der Waals surface area contributed by atoms with Crippen LogP contribution in [0.25, 0.3) is 10.9 Å².